The Bertz CT molecular complexity index is 765. The molecule has 0 saturated heterocycles. The van der Waals surface area contributed by atoms with Crippen LogP contribution in [-0.2, 0) is 10.0 Å². The molecule has 0 aliphatic carbocycles. The second-order valence-electron chi connectivity index (χ2n) is 3.80. The normalized spacial score (nSPS) is 11.4. The van der Waals surface area contributed by atoms with Crippen molar-refractivity contribution in [2.75, 3.05) is 4.72 Å². The van der Waals surface area contributed by atoms with Gasteiger partial charge in [-0.15, -0.1) is 0 Å². The summed E-state index contributed by atoms with van der Waals surface area (Å²) in [4.78, 5) is -0.910. The van der Waals surface area contributed by atoms with Crippen molar-refractivity contribution < 1.29 is 21.6 Å². The van der Waals surface area contributed by atoms with Crippen LogP contribution in [0.2, 0.25) is 5.02 Å². The minimum Gasteiger partial charge on any atom is -0.277 e. The van der Waals surface area contributed by atoms with E-state index in [1.165, 1.54) is 6.07 Å². The fourth-order valence-electron chi connectivity index (χ4n) is 1.46. The van der Waals surface area contributed by atoms with Gasteiger partial charge in [-0.05, 0) is 36.4 Å². The summed E-state index contributed by atoms with van der Waals surface area (Å²) in [5, 5.41) is 0.0717. The number of anilines is 1. The third kappa shape index (κ3) is 3.05. The van der Waals surface area contributed by atoms with Gasteiger partial charge in [0.15, 0.2) is 0 Å². The molecule has 0 heterocycles. The molecule has 8 heteroatoms. The fourth-order valence-corrected chi connectivity index (χ4v) is 2.77. The van der Waals surface area contributed by atoms with E-state index in [-0.39, 0.29) is 5.02 Å². The highest BCUT2D eigenvalue weighted by Crippen LogP contribution is 2.23. The molecule has 0 saturated carbocycles. The molecule has 2 aromatic carbocycles. The van der Waals surface area contributed by atoms with Crippen LogP contribution in [0.4, 0.5) is 18.9 Å². The number of benzene rings is 2. The number of hydrogen-bond donors (Lipinski definition) is 1. The van der Waals surface area contributed by atoms with Gasteiger partial charge in [-0.3, -0.25) is 4.72 Å². The van der Waals surface area contributed by atoms with E-state index >= 15 is 0 Å². The van der Waals surface area contributed by atoms with Gasteiger partial charge in [0.25, 0.3) is 10.0 Å². The molecule has 0 aromatic heterocycles. The van der Waals surface area contributed by atoms with Gasteiger partial charge in [0.1, 0.15) is 22.3 Å². The molecule has 0 spiro atoms. The third-order valence-corrected chi connectivity index (χ3v) is 3.97. The average molecular weight is 322 g/mol. The summed E-state index contributed by atoms with van der Waals surface area (Å²) in [5.74, 6) is -3.01. The molecule has 106 valence electrons. The van der Waals surface area contributed by atoms with Crippen molar-refractivity contribution in [3.8, 4) is 0 Å². The molecular formula is C12H7ClF3NO2S. The van der Waals surface area contributed by atoms with Crippen molar-refractivity contribution in [2.45, 2.75) is 4.90 Å². The van der Waals surface area contributed by atoms with Crippen molar-refractivity contribution >= 4 is 27.3 Å². The van der Waals surface area contributed by atoms with Crippen molar-refractivity contribution in [1.29, 1.82) is 0 Å². The first-order chi connectivity index (χ1) is 9.29. The number of hydrogen-bond acceptors (Lipinski definition) is 2. The van der Waals surface area contributed by atoms with Crippen molar-refractivity contribution in [1.82, 2.24) is 0 Å². The Morgan fingerprint density at radius 2 is 1.65 bits per heavy atom. The lowest BCUT2D eigenvalue weighted by atomic mass is 10.3. The summed E-state index contributed by atoms with van der Waals surface area (Å²) in [7, 11) is -4.45. The van der Waals surface area contributed by atoms with E-state index in [0.717, 1.165) is 18.2 Å². The first-order valence-corrected chi connectivity index (χ1v) is 7.08. The van der Waals surface area contributed by atoms with Gasteiger partial charge in [-0.1, -0.05) is 11.6 Å². The molecule has 0 amide bonds. The maximum absolute atomic E-state index is 13.5. The van der Waals surface area contributed by atoms with Crippen LogP contribution in [0.25, 0.3) is 0 Å². The lowest BCUT2D eigenvalue weighted by Crippen LogP contribution is -2.15. The second-order valence-corrected chi connectivity index (χ2v) is 5.89. The Hall–Kier alpha value is -1.73. The van der Waals surface area contributed by atoms with Crippen LogP contribution >= 0.6 is 11.6 Å². The highest BCUT2D eigenvalue weighted by atomic mass is 35.5. The number of halogens is 4. The molecular weight excluding hydrogens is 315 g/mol. The van der Waals surface area contributed by atoms with Gasteiger partial charge >= 0.3 is 0 Å². The van der Waals surface area contributed by atoms with Crippen molar-refractivity contribution in [2.24, 2.45) is 0 Å². The van der Waals surface area contributed by atoms with Gasteiger partial charge in [0.05, 0.1) is 5.69 Å². The lowest BCUT2D eigenvalue weighted by Gasteiger charge is -2.10. The van der Waals surface area contributed by atoms with Crippen LogP contribution in [-0.4, -0.2) is 8.42 Å². The summed E-state index contributed by atoms with van der Waals surface area (Å²) in [5.41, 5.74) is -0.418. The largest absolute Gasteiger partial charge is 0.277 e. The highest BCUT2D eigenvalue weighted by molar-refractivity contribution is 7.92. The van der Waals surface area contributed by atoms with Crippen LogP contribution < -0.4 is 4.72 Å². The van der Waals surface area contributed by atoms with Gasteiger partial charge in [-0.2, -0.15) is 0 Å². The summed E-state index contributed by atoms with van der Waals surface area (Å²) >= 11 is 5.52. The Labute approximate surface area is 118 Å². The minimum absolute atomic E-state index is 0.0717. The average Bonchev–Trinajstić information content (AvgIpc) is 2.35. The summed E-state index contributed by atoms with van der Waals surface area (Å²) in [6, 6.07) is 5.17. The summed E-state index contributed by atoms with van der Waals surface area (Å²) in [6.45, 7) is 0. The summed E-state index contributed by atoms with van der Waals surface area (Å²) in [6.07, 6.45) is 0. The van der Waals surface area contributed by atoms with Crippen LogP contribution in [0, 0.1) is 17.5 Å². The smallest absolute Gasteiger partial charge is 0.265 e. The van der Waals surface area contributed by atoms with E-state index < -0.39 is 38.1 Å². The van der Waals surface area contributed by atoms with Crippen molar-refractivity contribution in [3.05, 3.63) is 58.9 Å². The SMILES string of the molecule is O=S(=O)(Nc1ccc(Cl)cc1F)c1cc(F)ccc1F. The minimum atomic E-state index is -4.45. The molecule has 0 fully saturated rings. The van der Waals surface area contributed by atoms with Crippen LogP contribution in [0.15, 0.2) is 41.3 Å². The topological polar surface area (TPSA) is 46.2 Å². The Morgan fingerprint density at radius 1 is 0.950 bits per heavy atom. The zero-order valence-electron chi connectivity index (χ0n) is 9.70. The maximum Gasteiger partial charge on any atom is 0.265 e. The molecule has 3 nitrogen and oxygen atoms in total. The second kappa shape index (κ2) is 5.34. The third-order valence-electron chi connectivity index (χ3n) is 2.36. The molecule has 2 rings (SSSR count). The molecule has 0 unspecified atom stereocenters. The van der Waals surface area contributed by atoms with E-state index in [4.69, 9.17) is 11.6 Å². The molecule has 0 radical (unpaired) electrons. The zero-order valence-corrected chi connectivity index (χ0v) is 11.3. The monoisotopic (exact) mass is 321 g/mol. The van der Waals surface area contributed by atoms with E-state index in [0.29, 0.717) is 12.1 Å². The first kappa shape index (κ1) is 14.7. The standard InChI is InChI=1S/C12H7ClF3NO2S/c13-7-1-4-11(10(16)5-7)17-20(18,19)12-6-8(14)2-3-9(12)15/h1-6,17H. The highest BCUT2D eigenvalue weighted by Gasteiger charge is 2.21. The fraction of sp³-hybridized carbons (Fsp3) is 0. The van der Waals surface area contributed by atoms with Gasteiger partial charge < -0.3 is 0 Å². The molecule has 0 aliphatic heterocycles. The molecule has 1 N–H and O–H groups in total. The van der Waals surface area contributed by atoms with E-state index in [1.807, 2.05) is 4.72 Å². The van der Waals surface area contributed by atoms with Crippen molar-refractivity contribution in [3.63, 3.8) is 0 Å². The number of rotatable bonds is 3. The molecule has 20 heavy (non-hydrogen) atoms. The Morgan fingerprint density at radius 3 is 2.30 bits per heavy atom. The van der Waals surface area contributed by atoms with Gasteiger partial charge in [0, 0.05) is 5.02 Å². The quantitative estimate of drug-likeness (QED) is 0.939. The van der Waals surface area contributed by atoms with E-state index in [9.17, 15) is 21.6 Å². The lowest BCUT2D eigenvalue weighted by molar-refractivity contribution is 0.555. The number of nitrogens with one attached hydrogen (secondary N) is 1. The predicted molar refractivity (Wildman–Crippen MR) is 68.6 cm³/mol. The van der Waals surface area contributed by atoms with Crippen LogP contribution in [0.3, 0.4) is 0 Å². The van der Waals surface area contributed by atoms with Gasteiger partial charge in [0.2, 0.25) is 0 Å². The van der Waals surface area contributed by atoms with E-state index in [2.05, 4.69) is 0 Å². The Balaban J connectivity index is 2.43. The zero-order chi connectivity index (χ0) is 14.9. The van der Waals surface area contributed by atoms with Crippen LogP contribution in [0.1, 0.15) is 0 Å². The summed E-state index contributed by atoms with van der Waals surface area (Å²) < 4.78 is 65.5. The molecule has 2 aromatic rings. The predicted octanol–water partition coefficient (Wildman–Crippen LogP) is 3.56. The van der Waals surface area contributed by atoms with Crippen LogP contribution in [0.5, 0.6) is 0 Å². The maximum atomic E-state index is 13.5. The van der Waals surface area contributed by atoms with Gasteiger partial charge in [-0.25, -0.2) is 21.6 Å². The molecule has 0 atom stereocenters. The number of sulfonamides is 1. The molecule has 0 bridgehead atoms. The first-order valence-electron chi connectivity index (χ1n) is 5.22. The Kier molecular flexibility index (Phi) is 3.92. The molecule has 0 aliphatic rings. The van der Waals surface area contributed by atoms with E-state index in [1.54, 1.807) is 0 Å².